The van der Waals surface area contributed by atoms with Crippen LogP contribution >= 0.6 is 0 Å². The van der Waals surface area contributed by atoms with E-state index < -0.39 is 15.4 Å². The molecular weight excluding hydrogens is 366 g/mol. The highest BCUT2D eigenvalue weighted by Gasteiger charge is 2.57. The van der Waals surface area contributed by atoms with E-state index in [2.05, 4.69) is 28.4 Å². The molecule has 148 valence electrons. The Morgan fingerprint density at radius 1 is 1.37 bits per heavy atom. The van der Waals surface area contributed by atoms with Crippen LogP contribution in [0.5, 0.6) is 0 Å². The Morgan fingerprint density at radius 2 is 2.19 bits per heavy atom. The Balaban J connectivity index is 1.39. The maximum Gasteiger partial charge on any atom is 0.230 e. The molecule has 1 aromatic rings. The van der Waals surface area contributed by atoms with Crippen LogP contribution < -0.4 is 10.2 Å². The van der Waals surface area contributed by atoms with Crippen LogP contribution in [-0.2, 0) is 26.0 Å². The number of hydrogen-bond acceptors (Lipinski definition) is 5. The van der Waals surface area contributed by atoms with Crippen LogP contribution in [0.3, 0.4) is 0 Å². The van der Waals surface area contributed by atoms with Gasteiger partial charge < -0.3 is 15.0 Å². The van der Waals surface area contributed by atoms with Gasteiger partial charge in [0.2, 0.25) is 15.9 Å². The second kappa shape index (κ2) is 7.07. The molecular formula is C19H27N3O4S. The molecule has 4 rings (SSSR count). The van der Waals surface area contributed by atoms with Crippen LogP contribution in [0.15, 0.2) is 24.3 Å². The minimum atomic E-state index is -3.30. The van der Waals surface area contributed by atoms with Crippen LogP contribution in [-0.4, -0.2) is 70.8 Å². The molecule has 0 radical (unpaired) electrons. The number of hydrogen-bond donors (Lipinski definition) is 1. The number of rotatable bonds is 5. The van der Waals surface area contributed by atoms with Gasteiger partial charge >= 0.3 is 0 Å². The van der Waals surface area contributed by atoms with Crippen LogP contribution in [0.1, 0.15) is 12.0 Å². The summed E-state index contributed by atoms with van der Waals surface area (Å²) in [5, 5.41) is 3.05. The Bertz CT molecular complexity index is 828. The summed E-state index contributed by atoms with van der Waals surface area (Å²) < 4.78 is 30.8. The van der Waals surface area contributed by atoms with E-state index in [-0.39, 0.29) is 18.4 Å². The lowest BCUT2D eigenvalue weighted by Gasteiger charge is -2.32. The van der Waals surface area contributed by atoms with E-state index in [1.165, 1.54) is 21.8 Å². The van der Waals surface area contributed by atoms with Crippen molar-refractivity contribution in [2.45, 2.75) is 12.8 Å². The van der Waals surface area contributed by atoms with Gasteiger partial charge in [-0.25, -0.2) is 12.7 Å². The third-order valence-electron chi connectivity index (χ3n) is 6.14. The lowest BCUT2D eigenvalue weighted by atomic mass is 9.80. The fourth-order valence-electron chi connectivity index (χ4n) is 4.59. The van der Waals surface area contributed by atoms with E-state index >= 15 is 0 Å². The Morgan fingerprint density at radius 3 is 3.00 bits per heavy atom. The van der Waals surface area contributed by atoms with E-state index in [4.69, 9.17) is 4.74 Å². The molecule has 0 spiro atoms. The molecule has 0 aliphatic carbocycles. The van der Waals surface area contributed by atoms with E-state index in [0.29, 0.717) is 26.3 Å². The van der Waals surface area contributed by atoms with Crippen molar-refractivity contribution in [3.05, 3.63) is 29.8 Å². The highest BCUT2D eigenvalue weighted by Crippen LogP contribution is 2.42. The van der Waals surface area contributed by atoms with Gasteiger partial charge in [0, 0.05) is 44.3 Å². The Labute approximate surface area is 160 Å². The number of para-hydroxylation sites is 1. The van der Waals surface area contributed by atoms with E-state index in [0.717, 1.165) is 25.9 Å². The van der Waals surface area contributed by atoms with Crippen molar-refractivity contribution in [2.24, 2.45) is 11.3 Å². The zero-order valence-electron chi connectivity index (χ0n) is 15.7. The van der Waals surface area contributed by atoms with Crippen LogP contribution in [0, 0.1) is 11.3 Å². The number of nitrogens with one attached hydrogen (secondary N) is 1. The van der Waals surface area contributed by atoms with Crippen LogP contribution in [0.2, 0.25) is 0 Å². The molecule has 3 aliphatic rings. The zero-order chi connectivity index (χ0) is 19.1. The number of ether oxygens (including phenoxy) is 1. The van der Waals surface area contributed by atoms with Crippen molar-refractivity contribution >= 4 is 21.6 Å². The predicted molar refractivity (Wildman–Crippen MR) is 103 cm³/mol. The van der Waals surface area contributed by atoms with Gasteiger partial charge in [-0.05, 0) is 24.5 Å². The van der Waals surface area contributed by atoms with Crippen molar-refractivity contribution < 1.29 is 17.9 Å². The molecule has 2 fully saturated rings. The molecule has 27 heavy (non-hydrogen) atoms. The summed E-state index contributed by atoms with van der Waals surface area (Å²) in [6.07, 6.45) is 3.42. The Hall–Kier alpha value is -1.64. The minimum Gasteiger partial charge on any atom is -0.380 e. The van der Waals surface area contributed by atoms with E-state index in [9.17, 15) is 13.2 Å². The van der Waals surface area contributed by atoms with Gasteiger partial charge in [0.1, 0.15) is 0 Å². The first-order valence-electron chi connectivity index (χ1n) is 9.54. The number of fused-ring (bicyclic) bond motifs is 2. The molecule has 0 saturated carbocycles. The SMILES string of the molecule is CS(=O)(=O)N1C[C@@H]2COC[C@]2(C(=O)NCCN2CCCc3ccccc32)C1. The molecule has 2 saturated heterocycles. The predicted octanol–water partition coefficient (Wildman–Crippen LogP) is 0.463. The van der Waals surface area contributed by atoms with Gasteiger partial charge in [0.05, 0.1) is 24.9 Å². The van der Waals surface area contributed by atoms with Crippen molar-refractivity contribution in [1.29, 1.82) is 0 Å². The zero-order valence-corrected chi connectivity index (χ0v) is 16.5. The molecule has 2 atom stereocenters. The quantitative estimate of drug-likeness (QED) is 0.787. The lowest BCUT2D eigenvalue weighted by Crippen LogP contribution is -2.49. The van der Waals surface area contributed by atoms with Gasteiger partial charge in [-0.15, -0.1) is 0 Å². The number of anilines is 1. The molecule has 8 heteroatoms. The molecule has 0 unspecified atom stereocenters. The number of sulfonamides is 1. The van der Waals surface area contributed by atoms with Crippen molar-refractivity contribution in [3.8, 4) is 0 Å². The van der Waals surface area contributed by atoms with Gasteiger partial charge in [-0.1, -0.05) is 18.2 Å². The highest BCUT2D eigenvalue weighted by molar-refractivity contribution is 7.88. The number of amides is 1. The second-order valence-electron chi connectivity index (χ2n) is 7.90. The molecule has 7 nitrogen and oxygen atoms in total. The maximum absolute atomic E-state index is 13.0. The average molecular weight is 394 g/mol. The number of aryl methyl sites for hydroxylation is 1. The van der Waals surface area contributed by atoms with E-state index in [1.807, 2.05) is 6.07 Å². The number of carbonyl (C=O) groups is 1. The monoisotopic (exact) mass is 393 g/mol. The van der Waals surface area contributed by atoms with Gasteiger partial charge in [0.15, 0.2) is 0 Å². The van der Waals surface area contributed by atoms with Gasteiger partial charge in [0.25, 0.3) is 0 Å². The van der Waals surface area contributed by atoms with Crippen LogP contribution in [0.4, 0.5) is 5.69 Å². The summed E-state index contributed by atoms with van der Waals surface area (Å²) in [6, 6.07) is 8.42. The normalized spacial score (nSPS) is 28.0. The summed E-state index contributed by atoms with van der Waals surface area (Å²) in [5.41, 5.74) is 1.86. The van der Waals surface area contributed by atoms with Gasteiger partial charge in [-0.2, -0.15) is 0 Å². The molecule has 1 amide bonds. The van der Waals surface area contributed by atoms with Crippen molar-refractivity contribution in [2.75, 3.05) is 57.1 Å². The number of carbonyl (C=O) groups excluding carboxylic acids is 1. The van der Waals surface area contributed by atoms with Crippen molar-refractivity contribution in [1.82, 2.24) is 9.62 Å². The maximum atomic E-state index is 13.0. The first kappa shape index (κ1) is 18.7. The first-order valence-corrected chi connectivity index (χ1v) is 11.4. The summed E-state index contributed by atoms with van der Waals surface area (Å²) in [6.45, 7) is 3.61. The largest absolute Gasteiger partial charge is 0.380 e. The number of nitrogens with zero attached hydrogens (tertiary/aromatic N) is 2. The highest BCUT2D eigenvalue weighted by atomic mass is 32.2. The molecule has 1 N–H and O–H groups in total. The topological polar surface area (TPSA) is 78.9 Å². The second-order valence-corrected chi connectivity index (χ2v) is 9.88. The smallest absolute Gasteiger partial charge is 0.230 e. The third-order valence-corrected chi connectivity index (χ3v) is 7.35. The number of benzene rings is 1. The summed E-state index contributed by atoms with van der Waals surface area (Å²) in [4.78, 5) is 15.3. The summed E-state index contributed by atoms with van der Waals surface area (Å²) in [7, 11) is -3.30. The molecule has 3 heterocycles. The van der Waals surface area contributed by atoms with Gasteiger partial charge in [-0.3, -0.25) is 4.79 Å². The lowest BCUT2D eigenvalue weighted by molar-refractivity contribution is -0.131. The standard InChI is InChI=1S/C19H27N3O4S/c1-27(24,25)22-11-16-12-26-14-19(16,13-22)18(23)20-8-10-21-9-4-6-15-5-2-3-7-17(15)21/h2-3,5,7,16H,4,6,8-14H2,1H3,(H,20,23)/t16-,19-/m1/s1. The minimum absolute atomic E-state index is 0.0667. The third kappa shape index (κ3) is 3.46. The molecule has 0 aromatic heterocycles. The molecule has 0 bridgehead atoms. The van der Waals surface area contributed by atoms with E-state index in [1.54, 1.807) is 0 Å². The average Bonchev–Trinajstić information content (AvgIpc) is 3.20. The summed E-state index contributed by atoms with van der Waals surface area (Å²) >= 11 is 0. The molecule has 1 aromatic carbocycles. The van der Waals surface area contributed by atoms with Crippen molar-refractivity contribution in [3.63, 3.8) is 0 Å². The fourth-order valence-corrected chi connectivity index (χ4v) is 5.50. The van der Waals surface area contributed by atoms with Crippen LogP contribution in [0.25, 0.3) is 0 Å². The first-order chi connectivity index (χ1) is 12.9. The molecule has 3 aliphatic heterocycles. The summed E-state index contributed by atoms with van der Waals surface area (Å²) in [5.74, 6) is -0.149. The fraction of sp³-hybridized carbons (Fsp3) is 0.632. The Kier molecular flexibility index (Phi) is 4.90.